The van der Waals surface area contributed by atoms with Gasteiger partial charge in [-0.05, 0) is 30.5 Å². The monoisotopic (exact) mass is 490 g/mol. The first-order valence-corrected chi connectivity index (χ1v) is 12.5. The van der Waals surface area contributed by atoms with Crippen LogP contribution in [0.3, 0.4) is 0 Å². The minimum absolute atomic E-state index is 0.348. The molecule has 36 heavy (non-hydrogen) atoms. The summed E-state index contributed by atoms with van der Waals surface area (Å²) >= 11 is 0. The first-order valence-electron chi connectivity index (χ1n) is 12.5. The minimum Gasteiger partial charge on any atom is -0.374 e. The lowest BCUT2D eigenvalue weighted by Crippen LogP contribution is -2.45. The van der Waals surface area contributed by atoms with Gasteiger partial charge in [0.25, 0.3) is 0 Å². The molecule has 0 N–H and O–H groups in total. The Hall–Kier alpha value is -2.58. The maximum atomic E-state index is 6.44. The Morgan fingerprint density at radius 3 is 1.89 bits per heavy atom. The van der Waals surface area contributed by atoms with Crippen LogP contribution in [0.1, 0.15) is 30.5 Å². The molecule has 0 aromatic heterocycles. The van der Waals surface area contributed by atoms with Crippen molar-refractivity contribution in [1.82, 2.24) is 0 Å². The lowest BCUT2D eigenvalue weighted by atomic mass is 10.1. The van der Waals surface area contributed by atoms with E-state index in [1.807, 2.05) is 105 Å². The third kappa shape index (κ3) is 6.40. The molecule has 0 saturated carbocycles. The molecule has 0 amide bonds. The molecule has 3 aromatic carbocycles. The standard InChI is InChI=1S/C30H34O6/c1-30(2)35-28-27(33-20-24-16-10-5-11-17-24)26(34-29(28)36-30)25(32-19-23-14-8-4-9-15-23)21-31-18-22-12-6-3-7-13-22/h3-17,25-29H,18-21H2,1-2H3/t25-,26-,27+,28?,29?/m1/s1. The molecule has 6 nitrogen and oxygen atoms in total. The zero-order valence-corrected chi connectivity index (χ0v) is 20.8. The van der Waals surface area contributed by atoms with Gasteiger partial charge in [0.05, 0.1) is 26.4 Å². The molecule has 0 radical (unpaired) electrons. The number of hydrogen-bond donors (Lipinski definition) is 0. The molecular formula is C30H34O6. The third-order valence-electron chi connectivity index (χ3n) is 6.38. The molecule has 2 aliphatic heterocycles. The van der Waals surface area contributed by atoms with Crippen LogP contribution in [0.5, 0.6) is 0 Å². The number of hydrogen-bond acceptors (Lipinski definition) is 6. The van der Waals surface area contributed by atoms with Crippen molar-refractivity contribution in [3.63, 3.8) is 0 Å². The van der Waals surface area contributed by atoms with Gasteiger partial charge in [-0.3, -0.25) is 0 Å². The summed E-state index contributed by atoms with van der Waals surface area (Å²) < 4.78 is 37.6. The molecule has 190 valence electrons. The highest BCUT2D eigenvalue weighted by Gasteiger charge is 2.57. The van der Waals surface area contributed by atoms with E-state index in [0.717, 1.165) is 16.7 Å². The number of fused-ring (bicyclic) bond motifs is 1. The Balaban J connectivity index is 1.32. The number of benzene rings is 3. The van der Waals surface area contributed by atoms with Crippen LogP contribution in [0.25, 0.3) is 0 Å². The van der Waals surface area contributed by atoms with E-state index >= 15 is 0 Å². The van der Waals surface area contributed by atoms with Gasteiger partial charge in [-0.1, -0.05) is 91.0 Å². The molecule has 2 heterocycles. The highest BCUT2D eigenvalue weighted by atomic mass is 16.8. The van der Waals surface area contributed by atoms with Gasteiger partial charge in [0.2, 0.25) is 0 Å². The van der Waals surface area contributed by atoms with E-state index in [0.29, 0.717) is 26.4 Å². The number of rotatable bonds is 11. The van der Waals surface area contributed by atoms with Crippen molar-refractivity contribution in [3.8, 4) is 0 Å². The van der Waals surface area contributed by atoms with Gasteiger partial charge in [-0.15, -0.1) is 0 Å². The predicted octanol–water partition coefficient (Wildman–Crippen LogP) is 5.25. The Morgan fingerprint density at radius 2 is 1.28 bits per heavy atom. The molecule has 0 spiro atoms. The molecule has 3 aromatic rings. The lowest BCUT2D eigenvalue weighted by Gasteiger charge is -2.31. The van der Waals surface area contributed by atoms with Crippen LogP contribution in [0.2, 0.25) is 0 Å². The molecule has 2 saturated heterocycles. The Bertz CT molecular complexity index is 1060. The lowest BCUT2D eigenvalue weighted by molar-refractivity contribution is -0.238. The normalized spacial score (nSPS) is 25.5. The van der Waals surface area contributed by atoms with Crippen LogP contribution in [0.15, 0.2) is 91.0 Å². The van der Waals surface area contributed by atoms with Gasteiger partial charge in [-0.2, -0.15) is 0 Å². The van der Waals surface area contributed by atoms with Gasteiger partial charge < -0.3 is 28.4 Å². The summed E-state index contributed by atoms with van der Waals surface area (Å²) in [6, 6.07) is 30.3. The second kappa shape index (κ2) is 11.6. The summed E-state index contributed by atoms with van der Waals surface area (Å²) in [5, 5.41) is 0. The van der Waals surface area contributed by atoms with Gasteiger partial charge in [-0.25, -0.2) is 0 Å². The minimum atomic E-state index is -0.737. The van der Waals surface area contributed by atoms with Crippen molar-refractivity contribution in [2.45, 2.75) is 70.2 Å². The summed E-state index contributed by atoms with van der Waals surface area (Å²) in [6.45, 7) is 5.50. The van der Waals surface area contributed by atoms with E-state index in [1.165, 1.54) is 0 Å². The summed E-state index contributed by atoms with van der Waals surface area (Å²) in [5.41, 5.74) is 3.27. The first kappa shape index (κ1) is 25.1. The van der Waals surface area contributed by atoms with Crippen LogP contribution < -0.4 is 0 Å². The molecule has 2 fully saturated rings. The van der Waals surface area contributed by atoms with Crippen molar-refractivity contribution < 1.29 is 28.4 Å². The first-order chi connectivity index (χ1) is 17.6. The molecule has 5 rings (SSSR count). The molecule has 0 bridgehead atoms. The molecule has 2 aliphatic rings. The van der Waals surface area contributed by atoms with E-state index < -0.39 is 18.2 Å². The quantitative estimate of drug-likeness (QED) is 0.366. The average molecular weight is 491 g/mol. The predicted molar refractivity (Wildman–Crippen MR) is 135 cm³/mol. The second-order valence-electron chi connectivity index (χ2n) is 9.67. The molecule has 5 atom stereocenters. The summed E-state index contributed by atoms with van der Waals surface area (Å²) in [5.74, 6) is -0.737. The summed E-state index contributed by atoms with van der Waals surface area (Å²) in [7, 11) is 0. The third-order valence-corrected chi connectivity index (χ3v) is 6.38. The highest BCUT2D eigenvalue weighted by Crippen LogP contribution is 2.40. The average Bonchev–Trinajstić information content (AvgIpc) is 3.38. The van der Waals surface area contributed by atoms with Crippen molar-refractivity contribution in [2.24, 2.45) is 0 Å². The van der Waals surface area contributed by atoms with E-state index in [2.05, 4.69) is 0 Å². The van der Waals surface area contributed by atoms with E-state index in [9.17, 15) is 0 Å². The molecule has 2 unspecified atom stereocenters. The van der Waals surface area contributed by atoms with Gasteiger partial charge >= 0.3 is 0 Å². The Morgan fingerprint density at radius 1 is 0.722 bits per heavy atom. The largest absolute Gasteiger partial charge is 0.374 e. The molecule has 0 aliphatic carbocycles. The fourth-order valence-corrected chi connectivity index (χ4v) is 4.64. The smallest absolute Gasteiger partial charge is 0.190 e. The fraction of sp³-hybridized carbons (Fsp3) is 0.400. The zero-order chi connectivity index (χ0) is 24.8. The maximum Gasteiger partial charge on any atom is 0.190 e. The molecule has 6 heteroatoms. The SMILES string of the molecule is CC1(C)OC2O[C@H]([C@@H](COCc3ccccc3)OCc3ccccc3)[C@H](OCc3ccccc3)C2O1. The van der Waals surface area contributed by atoms with Crippen molar-refractivity contribution in [3.05, 3.63) is 108 Å². The Labute approximate surface area is 213 Å². The number of ether oxygens (including phenoxy) is 6. The zero-order valence-electron chi connectivity index (χ0n) is 20.8. The Kier molecular flexibility index (Phi) is 8.12. The second-order valence-corrected chi connectivity index (χ2v) is 9.67. The molecular weight excluding hydrogens is 456 g/mol. The van der Waals surface area contributed by atoms with Crippen LogP contribution in [0, 0.1) is 0 Å². The topological polar surface area (TPSA) is 55.4 Å². The van der Waals surface area contributed by atoms with E-state index in [1.54, 1.807) is 0 Å². The fourth-order valence-electron chi connectivity index (χ4n) is 4.64. The van der Waals surface area contributed by atoms with Gasteiger partial charge in [0, 0.05) is 0 Å². The van der Waals surface area contributed by atoms with E-state index in [4.69, 9.17) is 28.4 Å². The van der Waals surface area contributed by atoms with Crippen molar-refractivity contribution in [2.75, 3.05) is 6.61 Å². The van der Waals surface area contributed by atoms with Gasteiger partial charge in [0.15, 0.2) is 12.1 Å². The van der Waals surface area contributed by atoms with Crippen molar-refractivity contribution in [1.29, 1.82) is 0 Å². The van der Waals surface area contributed by atoms with Crippen LogP contribution >= 0.6 is 0 Å². The summed E-state index contributed by atoms with van der Waals surface area (Å²) in [6.07, 6.45) is -2.05. The van der Waals surface area contributed by atoms with E-state index in [-0.39, 0.29) is 18.3 Å². The van der Waals surface area contributed by atoms with Crippen LogP contribution in [0.4, 0.5) is 0 Å². The van der Waals surface area contributed by atoms with Crippen LogP contribution in [-0.4, -0.2) is 43.1 Å². The maximum absolute atomic E-state index is 6.44. The van der Waals surface area contributed by atoms with Crippen LogP contribution in [-0.2, 0) is 48.2 Å². The highest BCUT2D eigenvalue weighted by molar-refractivity contribution is 5.15. The van der Waals surface area contributed by atoms with Gasteiger partial charge in [0.1, 0.15) is 24.4 Å². The van der Waals surface area contributed by atoms with Crippen molar-refractivity contribution >= 4 is 0 Å². The summed E-state index contributed by atoms with van der Waals surface area (Å²) in [4.78, 5) is 0.